The van der Waals surface area contributed by atoms with Gasteiger partial charge in [0.05, 0.1) is 6.67 Å². The first-order valence-corrected chi connectivity index (χ1v) is 4.33. The second-order valence-electron chi connectivity index (χ2n) is 2.84. The van der Waals surface area contributed by atoms with E-state index in [2.05, 4.69) is 16.9 Å². The molecule has 0 spiro atoms. The third-order valence-electron chi connectivity index (χ3n) is 1.80. The third kappa shape index (κ3) is 1.92. The van der Waals surface area contributed by atoms with E-state index >= 15 is 0 Å². The molecule has 0 amide bonds. The molecular weight excluding hydrogens is 172 g/mol. The monoisotopic (exact) mass is 186 g/mol. The van der Waals surface area contributed by atoms with Gasteiger partial charge in [-0.25, -0.2) is 4.68 Å². The van der Waals surface area contributed by atoms with E-state index in [9.17, 15) is 0 Å². The molecule has 0 saturated carbocycles. The molecule has 4 nitrogen and oxygen atoms in total. The highest BCUT2D eigenvalue weighted by Crippen LogP contribution is 1.92. The van der Waals surface area contributed by atoms with Crippen molar-refractivity contribution in [2.75, 3.05) is 13.6 Å². The van der Waals surface area contributed by atoms with Gasteiger partial charge >= 0.3 is 0 Å². The van der Waals surface area contributed by atoms with Crippen LogP contribution in [0.1, 0.15) is 6.92 Å². The molecule has 0 aliphatic heterocycles. The number of aromatic nitrogens is 3. The lowest BCUT2D eigenvalue weighted by molar-refractivity contribution is 0.264. The zero-order chi connectivity index (χ0) is 9.14. The molecule has 0 aliphatic carbocycles. The van der Waals surface area contributed by atoms with Gasteiger partial charge in [-0.3, -0.25) is 4.90 Å². The van der Waals surface area contributed by atoms with Crippen molar-refractivity contribution in [3.05, 3.63) is 11.1 Å². The van der Waals surface area contributed by atoms with E-state index in [0.717, 1.165) is 18.0 Å². The molecule has 12 heavy (non-hydrogen) atoms. The highest BCUT2D eigenvalue weighted by atomic mass is 32.1. The molecule has 68 valence electrons. The van der Waals surface area contributed by atoms with Crippen LogP contribution in [0.3, 0.4) is 0 Å². The molecule has 0 N–H and O–H groups in total. The number of nitrogens with zero attached hydrogens (tertiary/aromatic N) is 4. The average Bonchev–Trinajstić information content (AvgIpc) is 2.36. The van der Waals surface area contributed by atoms with Gasteiger partial charge in [0.1, 0.15) is 6.33 Å². The Kier molecular flexibility index (Phi) is 2.99. The zero-order valence-electron chi connectivity index (χ0n) is 7.69. The molecule has 0 fully saturated rings. The molecule has 0 bridgehead atoms. The summed E-state index contributed by atoms with van der Waals surface area (Å²) < 4.78 is 4.40. The Morgan fingerprint density at radius 1 is 1.67 bits per heavy atom. The van der Waals surface area contributed by atoms with Crippen LogP contribution in [0.25, 0.3) is 0 Å². The van der Waals surface area contributed by atoms with Crippen LogP contribution in [0.4, 0.5) is 0 Å². The summed E-state index contributed by atoms with van der Waals surface area (Å²) in [5.41, 5.74) is 0. The van der Waals surface area contributed by atoms with Crippen molar-refractivity contribution in [3.8, 4) is 0 Å². The Balaban J connectivity index is 2.76. The van der Waals surface area contributed by atoms with E-state index in [1.54, 1.807) is 11.0 Å². The van der Waals surface area contributed by atoms with E-state index in [1.807, 2.05) is 18.7 Å². The lowest BCUT2D eigenvalue weighted by Crippen LogP contribution is -2.22. The minimum Gasteiger partial charge on any atom is -0.310 e. The normalized spacial score (nSPS) is 11.0. The van der Waals surface area contributed by atoms with Crippen molar-refractivity contribution < 1.29 is 0 Å². The molecule has 0 unspecified atom stereocenters. The molecule has 1 aromatic heterocycles. The standard InChI is InChI=1S/C7H14N4S/c1-4-9(2)6-11-7(12)10(3)5-8-11/h5H,4,6H2,1-3H3. The predicted molar refractivity (Wildman–Crippen MR) is 50.3 cm³/mol. The summed E-state index contributed by atoms with van der Waals surface area (Å²) in [5.74, 6) is 0. The summed E-state index contributed by atoms with van der Waals surface area (Å²) in [7, 11) is 3.94. The van der Waals surface area contributed by atoms with E-state index in [0.29, 0.717) is 0 Å². The van der Waals surface area contributed by atoms with Crippen molar-refractivity contribution in [2.45, 2.75) is 13.6 Å². The maximum absolute atomic E-state index is 5.13. The van der Waals surface area contributed by atoms with Crippen molar-refractivity contribution in [1.29, 1.82) is 0 Å². The molecule has 1 aromatic rings. The van der Waals surface area contributed by atoms with Gasteiger partial charge in [-0.1, -0.05) is 6.92 Å². The Morgan fingerprint density at radius 3 is 2.75 bits per heavy atom. The lowest BCUT2D eigenvalue weighted by Gasteiger charge is -2.12. The van der Waals surface area contributed by atoms with Gasteiger partial charge in [0, 0.05) is 7.05 Å². The summed E-state index contributed by atoms with van der Waals surface area (Å²) >= 11 is 5.13. The maximum atomic E-state index is 5.13. The molecule has 0 radical (unpaired) electrons. The Bertz CT molecular complexity index is 301. The van der Waals surface area contributed by atoms with Crippen LogP contribution < -0.4 is 0 Å². The Morgan fingerprint density at radius 2 is 2.33 bits per heavy atom. The first-order chi connectivity index (χ1) is 5.65. The van der Waals surface area contributed by atoms with Crippen LogP contribution in [-0.2, 0) is 13.7 Å². The Hall–Kier alpha value is -0.680. The molecule has 5 heteroatoms. The SMILES string of the molecule is CCN(C)Cn1ncn(C)c1=S. The molecule has 0 aromatic carbocycles. The summed E-state index contributed by atoms with van der Waals surface area (Å²) in [4.78, 5) is 2.14. The van der Waals surface area contributed by atoms with Crippen molar-refractivity contribution in [2.24, 2.45) is 7.05 Å². The largest absolute Gasteiger partial charge is 0.310 e. The van der Waals surface area contributed by atoms with Gasteiger partial charge in [-0.15, -0.1) is 0 Å². The fraction of sp³-hybridized carbons (Fsp3) is 0.714. The second kappa shape index (κ2) is 3.82. The van der Waals surface area contributed by atoms with Crippen LogP contribution in [-0.4, -0.2) is 32.8 Å². The van der Waals surface area contributed by atoms with Gasteiger partial charge in [-0.05, 0) is 25.8 Å². The topological polar surface area (TPSA) is 26.0 Å². The number of aryl methyl sites for hydroxylation is 1. The number of hydrogen-bond donors (Lipinski definition) is 0. The Labute approximate surface area is 77.4 Å². The minimum atomic E-state index is 0.760. The zero-order valence-corrected chi connectivity index (χ0v) is 8.51. The highest BCUT2D eigenvalue weighted by Gasteiger charge is 1.99. The highest BCUT2D eigenvalue weighted by molar-refractivity contribution is 7.71. The molecule has 1 rings (SSSR count). The third-order valence-corrected chi connectivity index (χ3v) is 2.30. The van der Waals surface area contributed by atoms with Crippen LogP contribution in [0.2, 0.25) is 0 Å². The van der Waals surface area contributed by atoms with Crippen LogP contribution in [0.15, 0.2) is 6.33 Å². The fourth-order valence-corrected chi connectivity index (χ4v) is 0.998. The van der Waals surface area contributed by atoms with E-state index in [4.69, 9.17) is 12.2 Å². The summed E-state index contributed by atoms with van der Waals surface area (Å²) in [5, 5.41) is 4.14. The molecular formula is C7H14N4S. The molecule has 1 heterocycles. The number of rotatable bonds is 3. The predicted octanol–water partition coefficient (Wildman–Crippen LogP) is 0.860. The van der Waals surface area contributed by atoms with E-state index in [1.165, 1.54) is 0 Å². The van der Waals surface area contributed by atoms with Gasteiger partial charge in [0.25, 0.3) is 0 Å². The van der Waals surface area contributed by atoms with E-state index < -0.39 is 0 Å². The van der Waals surface area contributed by atoms with Crippen molar-refractivity contribution in [1.82, 2.24) is 19.2 Å². The molecule has 0 saturated heterocycles. The van der Waals surface area contributed by atoms with Crippen LogP contribution in [0.5, 0.6) is 0 Å². The van der Waals surface area contributed by atoms with E-state index in [-0.39, 0.29) is 0 Å². The first-order valence-electron chi connectivity index (χ1n) is 3.92. The summed E-state index contributed by atoms with van der Waals surface area (Å²) in [6.45, 7) is 3.86. The minimum absolute atomic E-state index is 0.760. The second-order valence-corrected chi connectivity index (χ2v) is 3.20. The van der Waals surface area contributed by atoms with Crippen LogP contribution in [0, 0.1) is 4.77 Å². The van der Waals surface area contributed by atoms with Crippen LogP contribution >= 0.6 is 12.2 Å². The smallest absolute Gasteiger partial charge is 0.198 e. The van der Waals surface area contributed by atoms with Gasteiger partial charge in [0.15, 0.2) is 4.77 Å². The number of hydrogen-bond acceptors (Lipinski definition) is 3. The quantitative estimate of drug-likeness (QED) is 0.655. The van der Waals surface area contributed by atoms with Gasteiger partial charge < -0.3 is 4.57 Å². The van der Waals surface area contributed by atoms with Crippen molar-refractivity contribution in [3.63, 3.8) is 0 Å². The van der Waals surface area contributed by atoms with Crippen molar-refractivity contribution >= 4 is 12.2 Å². The molecule has 0 atom stereocenters. The fourth-order valence-electron chi connectivity index (χ4n) is 0.846. The summed E-state index contributed by atoms with van der Waals surface area (Å²) in [6, 6.07) is 0. The molecule has 0 aliphatic rings. The lowest BCUT2D eigenvalue weighted by atomic mass is 10.6. The van der Waals surface area contributed by atoms with Gasteiger partial charge in [0.2, 0.25) is 0 Å². The summed E-state index contributed by atoms with van der Waals surface area (Å²) in [6.07, 6.45) is 1.73. The van der Waals surface area contributed by atoms with Gasteiger partial charge in [-0.2, -0.15) is 5.10 Å². The first kappa shape index (κ1) is 9.41. The average molecular weight is 186 g/mol. The maximum Gasteiger partial charge on any atom is 0.198 e.